The molecule has 3 aromatic rings. The van der Waals surface area contributed by atoms with Crippen LogP contribution in [0.1, 0.15) is 40.3 Å². The van der Waals surface area contributed by atoms with E-state index in [0.717, 1.165) is 30.1 Å². The standard InChI is InChI=1S/C22H21Br2N3O2S/c1-13(20-14(2)27-22(30-20)16-5-9-18(24)10-6-16)26-19(28)11-12-25-21(29)15-3-7-17(23)8-4-15/h3-10,13H,11-12H2,1-2H3,(H,25,29)(H,26,28). The van der Waals surface area contributed by atoms with E-state index in [1.54, 1.807) is 23.5 Å². The van der Waals surface area contributed by atoms with E-state index in [4.69, 9.17) is 0 Å². The monoisotopic (exact) mass is 549 g/mol. The van der Waals surface area contributed by atoms with Crippen molar-refractivity contribution in [3.05, 3.63) is 73.6 Å². The number of hydrogen-bond acceptors (Lipinski definition) is 4. The third kappa shape index (κ3) is 6.00. The average molecular weight is 551 g/mol. The lowest BCUT2D eigenvalue weighted by molar-refractivity contribution is -0.121. The molecule has 2 amide bonds. The van der Waals surface area contributed by atoms with E-state index in [9.17, 15) is 9.59 Å². The Morgan fingerprint density at radius 3 is 2.27 bits per heavy atom. The largest absolute Gasteiger partial charge is 0.352 e. The Kier molecular flexibility index (Phi) is 7.80. The maximum absolute atomic E-state index is 12.3. The Hall–Kier alpha value is -2.03. The molecule has 0 aliphatic heterocycles. The molecule has 156 valence electrons. The number of hydrogen-bond donors (Lipinski definition) is 2. The van der Waals surface area contributed by atoms with E-state index in [1.165, 1.54) is 0 Å². The highest BCUT2D eigenvalue weighted by Gasteiger charge is 2.17. The Bertz CT molecular complexity index is 1030. The zero-order chi connectivity index (χ0) is 21.7. The number of carbonyl (C=O) groups excluding carboxylic acids is 2. The van der Waals surface area contributed by atoms with E-state index in [1.807, 2.05) is 50.2 Å². The summed E-state index contributed by atoms with van der Waals surface area (Å²) in [6.07, 6.45) is 0.212. The van der Waals surface area contributed by atoms with Gasteiger partial charge in [0.2, 0.25) is 5.91 Å². The van der Waals surface area contributed by atoms with Crippen LogP contribution in [0.25, 0.3) is 10.6 Å². The summed E-state index contributed by atoms with van der Waals surface area (Å²) in [5, 5.41) is 6.70. The van der Waals surface area contributed by atoms with Crippen LogP contribution < -0.4 is 10.6 Å². The van der Waals surface area contributed by atoms with Gasteiger partial charge in [-0.2, -0.15) is 0 Å². The van der Waals surface area contributed by atoms with Crippen molar-refractivity contribution < 1.29 is 9.59 Å². The summed E-state index contributed by atoms with van der Waals surface area (Å²) in [5.41, 5.74) is 2.52. The molecule has 0 radical (unpaired) electrons. The van der Waals surface area contributed by atoms with Gasteiger partial charge in [-0.1, -0.05) is 44.0 Å². The zero-order valence-electron chi connectivity index (χ0n) is 16.5. The van der Waals surface area contributed by atoms with Crippen LogP contribution in [-0.2, 0) is 4.79 Å². The quantitative estimate of drug-likeness (QED) is 0.400. The number of thiazole rings is 1. The zero-order valence-corrected chi connectivity index (χ0v) is 20.5. The van der Waals surface area contributed by atoms with Gasteiger partial charge >= 0.3 is 0 Å². The number of nitrogens with zero attached hydrogens (tertiary/aromatic N) is 1. The molecule has 30 heavy (non-hydrogen) atoms. The van der Waals surface area contributed by atoms with Gasteiger partial charge in [-0.3, -0.25) is 9.59 Å². The van der Waals surface area contributed by atoms with Gasteiger partial charge < -0.3 is 10.6 Å². The summed E-state index contributed by atoms with van der Waals surface area (Å²) in [7, 11) is 0. The third-order valence-corrected chi connectivity index (χ3v) is 6.89. The topological polar surface area (TPSA) is 71.1 Å². The van der Waals surface area contributed by atoms with Crippen molar-refractivity contribution >= 4 is 55.0 Å². The molecule has 1 unspecified atom stereocenters. The lowest BCUT2D eigenvalue weighted by Crippen LogP contribution is -2.32. The molecular weight excluding hydrogens is 530 g/mol. The number of aromatic nitrogens is 1. The van der Waals surface area contributed by atoms with Crippen molar-refractivity contribution in [1.82, 2.24) is 15.6 Å². The number of aryl methyl sites for hydroxylation is 1. The van der Waals surface area contributed by atoms with Crippen LogP contribution in [0.2, 0.25) is 0 Å². The van der Waals surface area contributed by atoms with Crippen molar-refractivity contribution in [2.45, 2.75) is 26.3 Å². The Balaban J connectivity index is 1.52. The summed E-state index contributed by atoms with van der Waals surface area (Å²) in [6, 6.07) is 14.9. The fraction of sp³-hybridized carbons (Fsp3) is 0.227. The maximum atomic E-state index is 12.3. The van der Waals surface area contributed by atoms with Gasteiger partial charge in [0.1, 0.15) is 5.01 Å². The van der Waals surface area contributed by atoms with Crippen LogP contribution in [0, 0.1) is 6.92 Å². The summed E-state index contributed by atoms with van der Waals surface area (Å²) < 4.78 is 1.93. The molecule has 0 saturated heterocycles. The summed E-state index contributed by atoms with van der Waals surface area (Å²) >= 11 is 8.36. The fourth-order valence-electron chi connectivity index (χ4n) is 2.90. The van der Waals surface area contributed by atoms with Crippen molar-refractivity contribution in [3.63, 3.8) is 0 Å². The SMILES string of the molecule is Cc1nc(-c2ccc(Br)cc2)sc1C(C)NC(=O)CCNC(=O)c1ccc(Br)cc1. The van der Waals surface area contributed by atoms with Crippen molar-refractivity contribution in [3.8, 4) is 10.6 Å². The molecule has 2 aromatic carbocycles. The van der Waals surface area contributed by atoms with E-state index in [0.29, 0.717) is 5.56 Å². The molecule has 3 rings (SSSR count). The lowest BCUT2D eigenvalue weighted by Gasteiger charge is -2.13. The fourth-order valence-corrected chi connectivity index (χ4v) is 4.50. The Morgan fingerprint density at radius 1 is 1.03 bits per heavy atom. The minimum Gasteiger partial charge on any atom is -0.352 e. The van der Waals surface area contributed by atoms with Gasteiger partial charge in [0.05, 0.1) is 16.6 Å². The molecule has 1 atom stereocenters. The number of halogens is 2. The highest BCUT2D eigenvalue weighted by molar-refractivity contribution is 9.10. The minimum absolute atomic E-state index is 0.114. The second kappa shape index (κ2) is 10.3. The van der Waals surface area contributed by atoms with E-state index in [-0.39, 0.29) is 30.8 Å². The Labute approximate surface area is 196 Å². The molecule has 1 heterocycles. The second-order valence-electron chi connectivity index (χ2n) is 6.78. The first-order valence-corrected chi connectivity index (χ1v) is 11.8. The number of carbonyl (C=O) groups is 2. The molecule has 5 nitrogen and oxygen atoms in total. The highest BCUT2D eigenvalue weighted by Crippen LogP contribution is 2.32. The molecule has 0 bridgehead atoms. The number of amides is 2. The molecule has 0 fully saturated rings. The molecule has 8 heteroatoms. The van der Waals surface area contributed by atoms with Crippen LogP contribution in [0.3, 0.4) is 0 Å². The van der Waals surface area contributed by atoms with Gasteiger partial charge in [0.25, 0.3) is 5.91 Å². The van der Waals surface area contributed by atoms with Gasteiger partial charge in [-0.05, 0) is 50.2 Å². The van der Waals surface area contributed by atoms with E-state index in [2.05, 4.69) is 47.5 Å². The average Bonchev–Trinajstić information content (AvgIpc) is 3.10. The lowest BCUT2D eigenvalue weighted by atomic mass is 10.2. The van der Waals surface area contributed by atoms with Crippen molar-refractivity contribution in [2.24, 2.45) is 0 Å². The number of benzene rings is 2. The van der Waals surface area contributed by atoms with Crippen molar-refractivity contribution in [2.75, 3.05) is 6.54 Å². The molecular formula is C22H21Br2N3O2S. The van der Waals surface area contributed by atoms with Crippen LogP contribution in [0.4, 0.5) is 0 Å². The first-order valence-electron chi connectivity index (χ1n) is 9.40. The minimum atomic E-state index is -0.194. The van der Waals surface area contributed by atoms with E-state index >= 15 is 0 Å². The van der Waals surface area contributed by atoms with E-state index < -0.39 is 0 Å². The number of rotatable bonds is 7. The molecule has 0 aliphatic rings. The summed E-state index contributed by atoms with van der Waals surface area (Å²) in [6.45, 7) is 4.18. The molecule has 0 aliphatic carbocycles. The second-order valence-corrected chi connectivity index (χ2v) is 9.64. The number of nitrogens with one attached hydrogen (secondary N) is 2. The third-order valence-electron chi connectivity index (χ3n) is 4.44. The summed E-state index contributed by atoms with van der Waals surface area (Å²) in [4.78, 5) is 30.1. The van der Waals surface area contributed by atoms with Crippen LogP contribution in [0.5, 0.6) is 0 Å². The molecule has 0 saturated carbocycles. The normalized spacial score (nSPS) is 11.7. The first kappa shape index (κ1) is 22.7. The highest BCUT2D eigenvalue weighted by atomic mass is 79.9. The first-order chi connectivity index (χ1) is 14.3. The summed E-state index contributed by atoms with van der Waals surface area (Å²) in [5.74, 6) is -0.308. The predicted octanol–water partition coefficient (Wildman–Crippen LogP) is 5.64. The maximum Gasteiger partial charge on any atom is 0.251 e. The van der Waals surface area contributed by atoms with Gasteiger partial charge in [0.15, 0.2) is 0 Å². The van der Waals surface area contributed by atoms with Crippen LogP contribution >= 0.6 is 43.2 Å². The van der Waals surface area contributed by atoms with Crippen LogP contribution in [-0.4, -0.2) is 23.3 Å². The van der Waals surface area contributed by atoms with Crippen molar-refractivity contribution in [1.29, 1.82) is 0 Å². The molecule has 0 spiro atoms. The predicted molar refractivity (Wildman–Crippen MR) is 128 cm³/mol. The van der Waals surface area contributed by atoms with Gasteiger partial charge in [-0.15, -0.1) is 11.3 Å². The van der Waals surface area contributed by atoms with Crippen LogP contribution in [0.15, 0.2) is 57.5 Å². The smallest absolute Gasteiger partial charge is 0.251 e. The molecule has 2 N–H and O–H groups in total. The Morgan fingerprint density at radius 2 is 1.63 bits per heavy atom. The van der Waals surface area contributed by atoms with Gasteiger partial charge in [-0.25, -0.2) is 4.98 Å². The van der Waals surface area contributed by atoms with Gasteiger partial charge in [0, 0.05) is 33.0 Å². The molecule has 1 aromatic heterocycles.